The number of fused-ring (bicyclic) bond motifs is 1. The average Bonchev–Trinajstić information content (AvgIpc) is 3.23. The maximum absolute atomic E-state index is 10.3. The molecule has 1 atom stereocenters. The number of aliphatic imine (C=N–C) groups is 1. The van der Waals surface area contributed by atoms with Crippen LogP contribution in [0.3, 0.4) is 0 Å². The molecular formula is C22H36IN3O3. The van der Waals surface area contributed by atoms with E-state index in [2.05, 4.69) is 23.6 Å². The number of hydrogen-bond acceptors (Lipinski definition) is 4. The van der Waals surface area contributed by atoms with Gasteiger partial charge in [-0.05, 0) is 69.1 Å². The van der Waals surface area contributed by atoms with Gasteiger partial charge in [0.1, 0.15) is 5.75 Å². The zero-order chi connectivity index (χ0) is 19.6. The lowest BCUT2D eigenvalue weighted by atomic mass is 9.88. The third-order valence-corrected chi connectivity index (χ3v) is 5.45. The first-order valence-corrected chi connectivity index (χ1v) is 10.8. The van der Waals surface area contributed by atoms with Crippen molar-refractivity contribution in [2.45, 2.75) is 64.5 Å². The normalized spacial score (nSPS) is 18.8. The summed E-state index contributed by atoms with van der Waals surface area (Å²) in [7, 11) is 0. The van der Waals surface area contributed by atoms with Gasteiger partial charge in [0.05, 0.1) is 19.3 Å². The second-order valence-corrected chi connectivity index (χ2v) is 7.59. The summed E-state index contributed by atoms with van der Waals surface area (Å²) < 4.78 is 11.3. The fraction of sp³-hybridized carbons (Fsp3) is 0.682. The summed E-state index contributed by atoms with van der Waals surface area (Å²) in [6.07, 6.45) is 8.05. The predicted octanol–water partition coefficient (Wildman–Crippen LogP) is 3.53. The SMILES string of the molecule is CCNC(=NCc1c(O)ccc2c1CCCC2)NCCCOCC1CCCO1.I. The highest BCUT2D eigenvalue weighted by molar-refractivity contribution is 14.0. The van der Waals surface area contributed by atoms with Crippen LogP contribution in [-0.2, 0) is 28.9 Å². The van der Waals surface area contributed by atoms with E-state index in [9.17, 15) is 5.11 Å². The highest BCUT2D eigenvalue weighted by atomic mass is 127. The van der Waals surface area contributed by atoms with Gasteiger partial charge in [-0.3, -0.25) is 0 Å². The van der Waals surface area contributed by atoms with Crippen LogP contribution in [0.25, 0.3) is 0 Å². The molecular weight excluding hydrogens is 481 g/mol. The first-order valence-electron chi connectivity index (χ1n) is 10.8. The number of nitrogens with zero attached hydrogens (tertiary/aromatic N) is 1. The number of guanidine groups is 1. The minimum atomic E-state index is 0. The van der Waals surface area contributed by atoms with Crippen molar-refractivity contribution in [3.63, 3.8) is 0 Å². The van der Waals surface area contributed by atoms with Gasteiger partial charge < -0.3 is 25.2 Å². The van der Waals surface area contributed by atoms with Gasteiger partial charge in [0.25, 0.3) is 0 Å². The number of nitrogens with one attached hydrogen (secondary N) is 2. The standard InChI is InChI=1S/C22H35N3O3.HI/c1-2-23-22(24-12-6-13-27-16-18-8-5-14-28-18)25-15-20-19-9-4-3-7-17(19)10-11-21(20)26;/h10-11,18,26H,2-9,12-16H2,1H3,(H2,23,24,25);1H. The van der Waals surface area contributed by atoms with Crippen LogP contribution in [0.2, 0.25) is 0 Å². The average molecular weight is 517 g/mol. The molecule has 1 aromatic rings. The van der Waals surface area contributed by atoms with E-state index in [-0.39, 0.29) is 30.1 Å². The molecule has 1 saturated heterocycles. The van der Waals surface area contributed by atoms with Crippen LogP contribution in [0.1, 0.15) is 55.7 Å². The van der Waals surface area contributed by atoms with Gasteiger partial charge in [0.15, 0.2) is 5.96 Å². The van der Waals surface area contributed by atoms with Crippen molar-refractivity contribution in [1.29, 1.82) is 0 Å². The maximum Gasteiger partial charge on any atom is 0.191 e. The van der Waals surface area contributed by atoms with E-state index < -0.39 is 0 Å². The summed E-state index contributed by atoms with van der Waals surface area (Å²) in [4.78, 5) is 4.71. The Bertz CT molecular complexity index is 648. The van der Waals surface area contributed by atoms with Gasteiger partial charge in [0.2, 0.25) is 0 Å². The largest absolute Gasteiger partial charge is 0.508 e. The van der Waals surface area contributed by atoms with E-state index in [4.69, 9.17) is 14.5 Å². The number of ether oxygens (including phenoxy) is 2. The van der Waals surface area contributed by atoms with Crippen LogP contribution < -0.4 is 10.6 Å². The molecule has 0 amide bonds. The Labute approximate surface area is 191 Å². The summed E-state index contributed by atoms with van der Waals surface area (Å²) in [5.74, 6) is 1.15. The van der Waals surface area contributed by atoms with Gasteiger partial charge in [-0.25, -0.2) is 4.99 Å². The van der Waals surface area contributed by atoms with Crippen molar-refractivity contribution in [3.8, 4) is 5.75 Å². The van der Waals surface area contributed by atoms with Gasteiger partial charge >= 0.3 is 0 Å². The molecule has 1 aromatic carbocycles. The van der Waals surface area contributed by atoms with E-state index in [1.807, 2.05) is 6.07 Å². The van der Waals surface area contributed by atoms with Gasteiger partial charge in [0, 0.05) is 31.9 Å². The first kappa shape index (κ1) is 24.2. The molecule has 0 saturated carbocycles. The minimum absolute atomic E-state index is 0. The van der Waals surface area contributed by atoms with Crippen molar-refractivity contribution in [2.75, 3.05) is 32.9 Å². The van der Waals surface area contributed by atoms with Gasteiger partial charge in [-0.15, -0.1) is 24.0 Å². The molecule has 1 fully saturated rings. The molecule has 3 N–H and O–H groups in total. The van der Waals surface area contributed by atoms with Crippen molar-refractivity contribution in [3.05, 3.63) is 28.8 Å². The predicted molar refractivity (Wildman–Crippen MR) is 127 cm³/mol. The van der Waals surface area contributed by atoms with Crippen molar-refractivity contribution in [2.24, 2.45) is 4.99 Å². The molecule has 164 valence electrons. The van der Waals surface area contributed by atoms with Crippen LogP contribution in [0, 0.1) is 0 Å². The molecule has 29 heavy (non-hydrogen) atoms. The third-order valence-electron chi connectivity index (χ3n) is 5.45. The second-order valence-electron chi connectivity index (χ2n) is 7.59. The van der Waals surface area contributed by atoms with Crippen LogP contribution in [0.5, 0.6) is 5.75 Å². The molecule has 2 aliphatic rings. The Morgan fingerprint density at radius 1 is 1.24 bits per heavy atom. The Morgan fingerprint density at radius 3 is 2.90 bits per heavy atom. The van der Waals surface area contributed by atoms with Gasteiger partial charge in [-0.2, -0.15) is 0 Å². The smallest absolute Gasteiger partial charge is 0.191 e. The number of phenolic OH excluding ortho intramolecular Hbond substituents is 1. The summed E-state index contributed by atoms with van der Waals surface area (Å²) in [5, 5.41) is 17.0. The zero-order valence-electron chi connectivity index (χ0n) is 17.5. The molecule has 0 bridgehead atoms. The van der Waals surface area contributed by atoms with Crippen molar-refractivity contribution < 1.29 is 14.6 Å². The summed E-state index contributed by atoms with van der Waals surface area (Å²) >= 11 is 0. The lowest BCUT2D eigenvalue weighted by molar-refractivity contribution is 0.0168. The molecule has 0 aromatic heterocycles. The van der Waals surface area contributed by atoms with E-state index in [0.717, 1.165) is 69.9 Å². The fourth-order valence-electron chi connectivity index (χ4n) is 3.94. The summed E-state index contributed by atoms with van der Waals surface area (Å²) in [6.45, 7) is 6.46. The molecule has 1 heterocycles. The Balaban J connectivity index is 0.00000300. The third kappa shape index (κ3) is 7.61. The topological polar surface area (TPSA) is 75.1 Å². The minimum Gasteiger partial charge on any atom is -0.508 e. The maximum atomic E-state index is 10.3. The van der Waals surface area contributed by atoms with Gasteiger partial charge in [-0.1, -0.05) is 6.07 Å². The highest BCUT2D eigenvalue weighted by Gasteiger charge is 2.16. The number of aryl methyl sites for hydroxylation is 1. The molecule has 3 rings (SSSR count). The lowest BCUT2D eigenvalue weighted by Gasteiger charge is -2.20. The molecule has 1 aliphatic carbocycles. The van der Waals surface area contributed by atoms with E-state index >= 15 is 0 Å². The number of phenols is 1. The molecule has 7 heteroatoms. The highest BCUT2D eigenvalue weighted by Crippen LogP contribution is 2.31. The molecule has 6 nitrogen and oxygen atoms in total. The second kappa shape index (κ2) is 13.3. The monoisotopic (exact) mass is 517 g/mol. The number of aromatic hydroxyl groups is 1. The number of rotatable bonds is 9. The summed E-state index contributed by atoms with van der Waals surface area (Å²) in [6, 6.07) is 3.89. The molecule has 0 spiro atoms. The van der Waals surface area contributed by atoms with Crippen LogP contribution >= 0.6 is 24.0 Å². The molecule has 1 aliphatic heterocycles. The zero-order valence-corrected chi connectivity index (χ0v) is 19.9. The molecule has 0 radical (unpaired) electrons. The van der Waals surface area contributed by atoms with Crippen LogP contribution in [0.15, 0.2) is 17.1 Å². The summed E-state index contributed by atoms with van der Waals surface area (Å²) in [5.41, 5.74) is 3.65. The number of halogens is 1. The quantitative estimate of drug-likeness (QED) is 0.202. The van der Waals surface area contributed by atoms with Crippen LogP contribution in [0.4, 0.5) is 0 Å². The van der Waals surface area contributed by atoms with Crippen LogP contribution in [-0.4, -0.2) is 50.1 Å². The fourth-order valence-corrected chi connectivity index (χ4v) is 3.94. The number of benzene rings is 1. The van der Waals surface area contributed by atoms with Crippen molar-refractivity contribution in [1.82, 2.24) is 10.6 Å². The first-order chi connectivity index (χ1) is 13.8. The van der Waals surface area contributed by atoms with E-state index in [0.29, 0.717) is 18.9 Å². The van der Waals surface area contributed by atoms with E-state index in [1.165, 1.54) is 24.0 Å². The Hall–Kier alpha value is -1.06. The lowest BCUT2D eigenvalue weighted by Crippen LogP contribution is -2.38. The van der Waals surface area contributed by atoms with Crippen molar-refractivity contribution >= 4 is 29.9 Å². The number of hydrogen-bond donors (Lipinski definition) is 3. The Morgan fingerprint density at radius 2 is 2.10 bits per heavy atom. The Kier molecular flexibility index (Phi) is 11.1. The van der Waals surface area contributed by atoms with E-state index in [1.54, 1.807) is 0 Å². The molecule has 1 unspecified atom stereocenters.